The summed E-state index contributed by atoms with van der Waals surface area (Å²) in [6, 6.07) is 0.0697. The molecule has 0 radical (unpaired) electrons. The zero-order chi connectivity index (χ0) is 14.4. The molecule has 20 heavy (non-hydrogen) atoms. The van der Waals surface area contributed by atoms with Crippen LogP contribution in [0.4, 0.5) is 0 Å². The van der Waals surface area contributed by atoms with E-state index in [1.807, 2.05) is 0 Å². The molecular formula is C14H28N4O2. The Balaban J connectivity index is 1.71. The monoisotopic (exact) mass is 284 g/mol. The first kappa shape index (κ1) is 15.5. The van der Waals surface area contributed by atoms with Crippen LogP contribution < -0.4 is 5.73 Å². The first-order valence-corrected chi connectivity index (χ1v) is 7.80. The third kappa shape index (κ3) is 4.07. The van der Waals surface area contributed by atoms with Crippen molar-refractivity contribution in [1.82, 2.24) is 9.80 Å². The summed E-state index contributed by atoms with van der Waals surface area (Å²) in [5, 5.41) is 12.0. The van der Waals surface area contributed by atoms with Gasteiger partial charge >= 0.3 is 0 Å². The molecule has 116 valence electrons. The minimum Gasteiger partial charge on any atom is -0.409 e. The van der Waals surface area contributed by atoms with Crippen LogP contribution in [0.5, 0.6) is 0 Å². The predicted octanol–water partition coefficient (Wildman–Crippen LogP) is 0.698. The van der Waals surface area contributed by atoms with Crippen LogP contribution in [0.2, 0.25) is 0 Å². The second-order valence-corrected chi connectivity index (χ2v) is 5.75. The number of piperazine rings is 1. The lowest BCUT2D eigenvalue weighted by molar-refractivity contribution is 0.0729. The van der Waals surface area contributed by atoms with Crippen LogP contribution in [-0.4, -0.2) is 72.3 Å². The van der Waals surface area contributed by atoms with Crippen LogP contribution in [0.15, 0.2) is 5.16 Å². The van der Waals surface area contributed by atoms with Crippen LogP contribution in [-0.2, 0) is 4.74 Å². The normalized spacial score (nSPS) is 27.9. The highest BCUT2D eigenvalue weighted by Gasteiger charge is 2.26. The van der Waals surface area contributed by atoms with Crippen molar-refractivity contribution in [3.05, 3.63) is 0 Å². The van der Waals surface area contributed by atoms with Gasteiger partial charge in [0.1, 0.15) is 0 Å². The molecule has 0 aromatic carbocycles. The maximum atomic E-state index is 8.84. The van der Waals surface area contributed by atoms with Crippen LogP contribution in [0.25, 0.3) is 0 Å². The van der Waals surface area contributed by atoms with Crippen molar-refractivity contribution in [2.24, 2.45) is 10.9 Å². The number of hydrogen-bond acceptors (Lipinski definition) is 5. The largest absolute Gasteiger partial charge is 0.409 e. The van der Waals surface area contributed by atoms with Crippen molar-refractivity contribution >= 4 is 5.84 Å². The van der Waals surface area contributed by atoms with Crippen LogP contribution in [0.1, 0.15) is 32.6 Å². The Labute approximate surface area is 121 Å². The zero-order valence-electron chi connectivity index (χ0n) is 12.5. The fraction of sp³-hybridized carbons (Fsp3) is 0.929. The van der Waals surface area contributed by atoms with Gasteiger partial charge in [-0.15, -0.1) is 0 Å². The van der Waals surface area contributed by atoms with E-state index < -0.39 is 0 Å². The van der Waals surface area contributed by atoms with Gasteiger partial charge in [-0.1, -0.05) is 12.1 Å². The standard InChI is InChI=1S/C14H28N4O2/c1-2-13(14(15)16-19)18-9-7-17(8-10-18)6-5-12-4-3-11-20-12/h12-13,19H,2-11H2,1H3,(H2,15,16). The highest BCUT2D eigenvalue weighted by atomic mass is 16.5. The molecule has 0 saturated carbocycles. The molecule has 6 nitrogen and oxygen atoms in total. The summed E-state index contributed by atoms with van der Waals surface area (Å²) in [5.41, 5.74) is 5.76. The highest BCUT2D eigenvalue weighted by Crippen LogP contribution is 2.16. The summed E-state index contributed by atoms with van der Waals surface area (Å²) < 4.78 is 5.67. The molecule has 2 aliphatic rings. The van der Waals surface area contributed by atoms with Crippen molar-refractivity contribution in [3.63, 3.8) is 0 Å². The topological polar surface area (TPSA) is 74.3 Å². The maximum absolute atomic E-state index is 8.84. The van der Waals surface area contributed by atoms with Crippen molar-refractivity contribution in [1.29, 1.82) is 0 Å². The average molecular weight is 284 g/mol. The molecule has 2 heterocycles. The van der Waals surface area contributed by atoms with Crippen LogP contribution in [0.3, 0.4) is 0 Å². The Morgan fingerprint density at radius 3 is 2.70 bits per heavy atom. The molecule has 2 saturated heterocycles. The predicted molar refractivity (Wildman–Crippen MR) is 79.1 cm³/mol. The summed E-state index contributed by atoms with van der Waals surface area (Å²) in [6.45, 7) is 8.23. The Morgan fingerprint density at radius 1 is 1.40 bits per heavy atom. The van der Waals surface area contributed by atoms with Gasteiger partial charge < -0.3 is 20.6 Å². The SMILES string of the molecule is CCC(C(N)=NO)N1CCN(CCC2CCCO2)CC1. The van der Waals surface area contributed by atoms with Crippen molar-refractivity contribution in [2.75, 3.05) is 39.3 Å². The molecular weight excluding hydrogens is 256 g/mol. The molecule has 0 amide bonds. The van der Waals surface area contributed by atoms with E-state index in [0.29, 0.717) is 11.9 Å². The number of rotatable bonds is 6. The lowest BCUT2D eigenvalue weighted by Crippen LogP contribution is -2.54. The van der Waals surface area contributed by atoms with E-state index in [1.54, 1.807) is 0 Å². The molecule has 3 N–H and O–H groups in total. The quantitative estimate of drug-likeness (QED) is 0.325. The molecule has 0 spiro atoms. The van der Waals surface area contributed by atoms with Gasteiger partial charge in [-0.3, -0.25) is 4.90 Å². The summed E-state index contributed by atoms with van der Waals surface area (Å²) in [4.78, 5) is 4.81. The minimum atomic E-state index is 0.0697. The number of ether oxygens (including phenoxy) is 1. The highest BCUT2D eigenvalue weighted by molar-refractivity contribution is 5.85. The smallest absolute Gasteiger partial charge is 0.156 e. The lowest BCUT2D eigenvalue weighted by atomic mass is 10.1. The van der Waals surface area contributed by atoms with Gasteiger partial charge in [0.2, 0.25) is 0 Å². The van der Waals surface area contributed by atoms with Crippen molar-refractivity contribution in [2.45, 2.75) is 44.8 Å². The molecule has 0 aromatic rings. The summed E-state index contributed by atoms with van der Waals surface area (Å²) >= 11 is 0. The fourth-order valence-corrected chi connectivity index (χ4v) is 3.22. The summed E-state index contributed by atoms with van der Waals surface area (Å²) in [7, 11) is 0. The van der Waals surface area contributed by atoms with Gasteiger partial charge in [-0.2, -0.15) is 0 Å². The molecule has 0 aliphatic carbocycles. The molecule has 0 bridgehead atoms. The van der Waals surface area contributed by atoms with E-state index in [0.717, 1.165) is 52.2 Å². The van der Waals surface area contributed by atoms with Gasteiger partial charge in [0, 0.05) is 39.3 Å². The lowest BCUT2D eigenvalue weighted by Gasteiger charge is -2.38. The number of nitrogens with two attached hydrogens (primary N) is 1. The van der Waals surface area contributed by atoms with Gasteiger partial charge in [0.25, 0.3) is 0 Å². The minimum absolute atomic E-state index is 0.0697. The average Bonchev–Trinajstić information content (AvgIpc) is 3.00. The first-order valence-electron chi connectivity index (χ1n) is 7.80. The van der Waals surface area contributed by atoms with E-state index in [2.05, 4.69) is 21.9 Å². The summed E-state index contributed by atoms with van der Waals surface area (Å²) in [6.07, 6.45) is 4.95. The number of oxime groups is 1. The van der Waals surface area contributed by atoms with Crippen LogP contribution in [0, 0.1) is 0 Å². The molecule has 2 atom stereocenters. The molecule has 2 fully saturated rings. The van der Waals surface area contributed by atoms with E-state index in [4.69, 9.17) is 15.7 Å². The molecule has 2 aliphatic heterocycles. The van der Waals surface area contributed by atoms with Crippen LogP contribution >= 0.6 is 0 Å². The fourth-order valence-electron chi connectivity index (χ4n) is 3.22. The number of nitrogens with zero attached hydrogens (tertiary/aromatic N) is 3. The van der Waals surface area contributed by atoms with E-state index >= 15 is 0 Å². The Bertz CT molecular complexity index is 310. The Morgan fingerprint density at radius 2 is 2.15 bits per heavy atom. The van der Waals surface area contributed by atoms with Gasteiger partial charge in [0.15, 0.2) is 5.84 Å². The molecule has 2 unspecified atom stereocenters. The third-order valence-electron chi connectivity index (χ3n) is 4.48. The zero-order valence-corrected chi connectivity index (χ0v) is 12.5. The van der Waals surface area contributed by atoms with Gasteiger partial charge in [0.05, 0.1) is 12.1 Å². The Hall–Kier alpha value is -0.850. The second-order valence-electron chi connectivity index (χ2n) is 5.75. The van der Waals surface area contributed by atoms with E-state index in [9.17, 15) is 0 Å². The molecule has 2 rings (SSSR count). The maximum Gasteiger partial charge on any atom is 0.156 e. The second kappa shape index (κ2) is 7.81. The number of hydrogen-bond donors (Lipinski definition) is 2. The van der Waals surface area contributed by atoms with Gasteiger partial charge in [-0.05, 0) is 25.7 Å². The van der Waals surface area contributed by atoms with E-state index in [-0.39, 0.29) is 6.04 Å². The third-order valence-corrected chi connectivity index (χ3v) is 4.48. The van der Waals surface area contributed by atoms with E-state index in [1.165, 1.54) is 12.8 Å². The van der Waals surface area contributed by atoms with Crippen molar-refractivity contribution in [3.8, 4) is 0 Å². The Kier molecular flexibility index (Phi) is 6.06. The summed E-state index contributed by atoms with van der Waals surface area (Å²) in [5.74, 6) is 0.334. The number of amidine groups is 1. The van der Waals surface area contributed by atoms with Gasteiger partial charge in [-0.25, -0.2) is 0 Å². The van der Waals surface area contributed by atoms with Crippen molar-refractivity contribution < 1.29 is 9.94 Å². The molecule has 0 aromatic heterocycles. The molecule has 6 heteroatoms. The first-order chi connectivity index (χ1) is 9.74.